The number of hydrogen-bond acceptors (Lipinski definition) is 1. The van der Waals surface area contributed by atoms with Crippen LogP contribution in [-0.4, -0.2) is 6.54 Å². The zero-order valence-corrected chi connectivity index (χ0v) is 13.5. The summed E-state index contributed by atoms with van der Waals surface area (Å²) in [5.74, 6) is -0.217. The predicted molar refractivity (Wildman–Crippen MR) is 83.8 cm³/mol. The molecule has 1 aromatic carbocycles. The van der Waals surface area contributed by atoms with E-state index < -0.39 is 0 Å². The van der Waals surface area contributed by atoms with E-state index in [2.05, 4.69) is 19.2 Å². The Morgan fingerprint density at radius 2 is 1.95 bits per heavy atom. The van der Waals surface area contributed by atoms with Gasteiger partial charge in [-0.3, -0.25) is 0 Å². The molecule has 3 heteroatoms. The Kier molecular flexibility index (Phi) is 5.09. The predicted octanol–water partition coefficient (Wildman–Crippen LogP) is 5.41. The minimum Gasteiger partial charge on any atom is -0.310 e. The highest BCUT2D eigenvalue weighted by atomic mass is 35.5. The van der Waals surface area contributed by atoms with E-state index in [0.29, 0.717) is 10.6 Å². The van der Waals surface area contributed by atoms with Gasteiger partial charge in [0, 0.05) is 11.1 Å². The summed E-state index contributed by atoms with van der Waals surface area (Å²) in [5, 5.41) is 4.17. The third kappa shape index (κ3) is 2.87. The zero-order valence-electron chi connectivity index (χ0n) is 12.7. The molecule has 1 nitrogen and oxygen atoms in total. The van der Waals surface area contributed by atoms with Gasteiger partial charge in [-0.1, -0.05) is 44.4 Å². The molecule has 1 aliphatic rings. The molecule has 0 amide bonds. The topological polar surface area (TPSA) is 12.0 Å². The van der Waals surface area contributed by atoms with Crippen LogP contribution in [0.2, 0.25) is 5.02 Å². The lowest BCUT2D eigenvalue weighted by molar-refractivity contribution is 0.189. The Hall–Kier alpha value is -0.600. The van der Waals surface area contributed by atoms with Crippen LogP contribution < -0.4 is 5.32 Å². The van der Waals surface area contributed by atoms with Crippen LogP contribution >= 0.6 is 11.6 Å². The summed E-state index contributed by atoms with van der Waals surface area (Å²) in [6.45, 7) is 7.10. The molecule has 20 heavy (non-hydrogen) atoms. The van der Waals surface area contributed by atoms with Gasteiger partial charge in [-0.2, -0.15) is 0 Å². The SMILES string of the molecule is CCNC(c1cc(C)c(F)cc1Cl)C1(CC)CCCC1. The average Bonchev–Trinajstić information content (AvgIpc) is 2.90. The third-order valence-corrected chi connectivity index (χ3v) is 5.24. The summed E-state index contributed by atoms with van der Waals surface area (Å²) < 4.78 is 13.7. The van der Waals surface area contributed by atoms with Gasteiger partial charge in [0.15, 0.2) is 0 Å². The van der Waals surface area contributed by atoms with Crippen LogP contribution in [0.25, 0.3) is 0 Å². The van der Waals surface area contributed by atoms with Crippen molar-refractivity contribution in [3.8, 4) is 0 Å². The van der Waals surface area contributed by atoms with Crippen molar-refractivity contribution < 1.29 is 4.39 Å². The molecule has 1 aromatic rings. The molecule has 1 N–H and O–H groups in total. The second kappa shape index (κ2) is 6.44. The average molecular weight is 298 g/mol. The highest BCUT2D eigenvalue weighted by molar-refractivity contribution is 6.31. The number of aryl methyl sites for hydroxylation is 1. The number of rotatable bonds is 5. The van der Waals surface area contributed by atoms with Crippen LogP contribution in [0.1, 0.15) is 63.1 Å². The smallest absolute Gasteiger partial charge is 0.127 e. The first-order valence-corrected chi connectivity index (χ1v) is 8.11. The molecular weight excluding hydrogens is 273 g/mol. The Balaban J connectivity index is 2.45. The van der Waals surface area contributed by atoms with E-state index in [9.17, 15) is 4.39 Å². The van der Waals surface area contributed by atoms with E-state index >= 15 is 0 Å². The fourth-order valence-electron chi connectivity index (χ4n) is 3.69. The first kappa shape index (κ1) is 15.8. The quantitative estimate of drug-likeness (QED) is 0.766. The highest BCUT2D eigenvalue weighted by Gasteiger charge is 2.41. The van der Waals surface area contributed by atoms with Gasteiger partial charge in [-0.15, -0.1) is 0 Å². The number of benzene rings is 1. The van der Waals surface area contributed by atoms with Crippen molar-refractivity contribution in [1.29, 1.82) is 0 Å². The summed E-state index contributed by atoms with van der Waals surface area (Å²) in [7, 11) is 0. The number of halogens is 2. The van der Waals surface area contributed by atoms with E-state index in [0.717, 1.165) is 18.5 Å². The molecule has 0 aliphatic heterocycles. The van der Waals surface area contributed by atoms with Gasteiger partial charge >= 0.3 is 0 Å². The fraction of sp³-hybridized carbons (Fsp3) is 0.647. The summed E-state index contributed by atoms with van der Waals surface area (Å²) in [5.41, 5.74) is 2.01. The van der Waals surface area contributed by atoms with Crippen LogP contribution in [0.3, 0.4) is 0 Å². The standard InChI is InChI=1S/C17H25ClFN/c1-4-17(8-6-7-9-17)16(20-5-2)13-10-12(3)15(19)11-14(13)18/h10-11,16,20H,4-9H2,1-3H3. The molecule has 0 aromatic heterocycles. The second-order valence-electron chi connectivity index (χ2n) is 6.04. The van der Waals surface area contributed by atoms with Gasteiger partial charge in [-0.25, -0.2) is 4.39 Å². The molecule has 1 atom stereocenters. The van der Waals surface area contributed by atoms with Crippen molar-refractivity contribution in [2.45, 2.75) is 58.9 Å². The third-order valence-electron chi connectivity index (χ3n) is 4.91. The maximum atomic E-state index is 13.7. The minimum atomic E-state index is -0.217. The first-order chi connectivity index (χ1) is 9.54. The number of hydrogen-bond donors (Lipinski definition) is 1. The van der Waals surface area contributed by atoms with Crippen LogP contribution in [-0.2, 0) is 0 Å². The fourth-order valence-corrected chi connectivity index (χ4v) is 3.95. The lowest BCUT2D eigenvalue weighted by Crippen LogP contribution is -2.36. The van der Waals surface area contributed by atoms with E-state index in [-0.39, 0.29) is 17.3 Å². The summed E-state index contributed by atoms with van der Waals surface area (Å²) in [6.07, 6.45) is 6.17. The first-order valence-electron chi connectivity index (χ1n) is 7.73. The Morgan fingerprint density at radius 1 is 1.30 bits per heavy atom. The van der Waals surface area contributed by atoms with E-state index in [4.69, 9.17) is 11.6 Å². The Morgan fingerprint density at radius 3 is 2.50 bits per heavy atom. The van der Waals surface area contributed by atoms with Gasteiger partial charge in [0.2, 0.25) is 0 Å². The van der Waals surface area contributed by atoms with E-state index in [1.807, 2.05) is 13.0 Å². The zero-order chi connectivity index (χ0) is 14.8. The van der Waals surface area contributed by atoms with E-state index in [1.54, 1.807) is 0 Å². The van der Waals surface area contributed by atoms with Crippen molar-refractivity contribution in [1.82, 2.24) is 5.32 Å². The lowest BCUT2D eigenvalue weighted by atomic mass is 9.73. The summed E-state index contributed by atoms with van der Waals surface area (Å²) in [6, 6.07) is 3.63. The molecule has 0 radical (unpaired) electrons. The van der Waals surface area contributed by atoms with Crippen molar-refractivity contribution in [3.63, 3.8) is 0 Å². The van der Waals surface area contributed by atoms with Gasteiger partial charge in [0.1, 0.15) is 5.82 Å². The van der Waals surface area contributed by atoms with Crippen molar-refractivity contribution in [2.75, 3.05) is 6.54 Å². The molecule has 1 fully saturated rings. The van der Waals surface area contributed by atoms with Crippen molar-refractivity contribution in [3.05, 3.63) is 34.1 Å². The molecule has 1 aliphatic carbocycles. The van der Waals surface area contributed by atoms with Gasteiger partial charge in [-0.05, 0) is 55.3 Å². The maximum absolute atomic E-state index is 13.7. The molecular formula is C17H25ClFN. The summed E-state index contributed by atoms with van der Waals surface area (Å²) in [4.78, 5) is 0. The van der Waals surface area contributed by atoms with Crippen LogP contribution in [0.15, 0.2) is 12.1 Å². The molecule has 0 heterocycles. The Bertz CT molecular complexity index is 466. The monoisotopic (exact) mass is 297 g/mol. The van der Waals surface area contributed by atoms with Crippen LogP contribution in [0, 0.1) is 18.2 Å². The molecule has 0 bridgehead atoms. The van der Waals surface area contributed by atoms with Gasteiger partial charge in [0.25, 0.3) is 0 Å². The minimum absolute atomic E-state index is 0.217. The van der Waals surface area contributed by atoms with Gasteiger partial charge < -0.3 is 5.32 Å². The maximum Gasteiger partial charge on any atom is 0.127 e. The van der Waals surface area contributed by atoms with Gasteiger partial charge in [0.05, 0.1) is 0 Å². The number of nitrogens with one attached hydrogen (secondary N) is 1. The molecule has 0 spiro atoms. The summed E-state index contributed by atoms with van der Waals surface area (Å²) >= 11 is 6.35. The normalized spacial score (nSPS) is 19.2. The lowest BCUT2D eigenvalue weighted by Gasteiger charge is -2.38. The largest absolute Gasteiger partial charge is 0.310 e. The molecule has 2 rings (SSSR count). The van der Waals surface area contributed by atoms with Crippen LogP contribution in [0.4, 0.5) is 4.39 Å². The Labute approximate surface area is 126 Å². The second-order valence-corrected chi connectivity index (χ2v) is 6.44. The van der Waals surface area contributed by atoms with Crippen molar-refractivity contribution in [2.24, 2.45) is 5.41 Å². The molecule has 1 saturated carbocycles. The van der Waals surface area contributed by atoms with E-state index in [1.165, 1.54) is 31.7 Å². The molecule has 0 saturated heterocycles. The molecule has 112 valence electrons. The van der Waals surface area contributed by atoms with Crippen molar-refractivity contribution >= 4 is 11.6 Å². The molecule has 1 unspecified atom stereocenters. The highest BCUT2D eigenvalue weighted by Crippen LogP contribution is 2.51. The van der Waals surface area contributed by atoms with Crippen LogP contribution in [0.5, 0.6) is 0 Å².